The minimum absolute atomic E-state index is 0.000259. The van der Waals surface area contributed by atoms with Crippen LogP contribution in [0.2, 0.25) is 0 Å². The van der Waals surface area contributed by atoms with E-state index < -0.39 is 0 Å². The second-order valence-corrected chi connectivity index (χ2v) is 15.4. The molecule has 0 aliphatic carbocycles. The Kier molecular flexibility index (Phi) is 6.46. The number of quaternary nitrogens is 1. The van der Waals surface area contributed by atoms with E-state index in [1.165, 1.54) is 62.6 Å². The maximum atomic E-state index is 6.51. The Bertz CT molecular complexity index is 3010. The van der Waals surface area contributed by atoms with Crippen molar-refractivity contribution in [3.8, 4) is 11.1 Å². The van der Waals surface area contributed by atoms with Crippen LogP contribution in [0.25, 0.3) is 73.4 Å². The Morgan fingerprint density at radius 3 is 2.14 bits per heavy atom. The van der Waals surface area contributed by atoms with Crippen molar-refractivity contribution in [3.05, 3.63) is 168 Å². The van der Waals surface area contributed by atoms with Crippen molar-refractivity contribution in [1.29, 1.82) is 0 Å². The highest BCUT2D eigenvalue weighted by Crippen LogP contribution is 2.44. The molecule has 4 heterocycles. The van der Waals surface area contributed by atoms with Gasteiger partial charge in [0.15, 0.2) is 6.17 Å². The molecule has 0 radical (unpaired) electrons. The van der Waals surface area contributed by atoms with Crippen LogP contribution in [0.4, 0.5) is 0 Å². The number of nitrogens with two attached hydrogens (primary N) is 1. The molecule has 11 rings (SSSR count). The minimum Gasteiger partial charge on any atom is -0.456 e. The van der Waals surface area contributed by atoms with Gasteiger partial charge in [-0.3, -0.25) is 5.32 Å². The number of amidine groups is 1. The summed E-state index contributed by atoms with van der Waals surface area (Å²) in [6, 6.07) is 54.5. The summed E-state index contributed by atoms with van der Waals surface area (Å²) in [5.74, 6) is 0.883. The molecule has 3 aromatic heterocycles. The van der Waals surface area contributed by atoms with E-state index in [0.29, 0.717) is 0 Å². The second kappa shape index (κ2) is 11.4. The van der Waals surface area contributed by atoms with Gasteiger partial charge < -0.3 is 9.73 Å². The first-order valence-electron chi connectivity index (χ1n) is 17.3. The summed E-state index contributed by atoms with van der Waals surface area (Å²) in [5.41, 5.74) is 7.64. The van der Waals surface area contributed by atoms with Gasteiger partial charge in [0.05, 0.1) is 0 Å². The molecule has 1 aliphatic rings. The first kappa shape index (κ1) is 29.0. The average molecular weight is 693 g/mol. The largest absolute Gasteiger partial charge is 0.456 e. The lowest BCUT2D eigenvalue weighted by atomic mass is 9.97. The molecule has 6 heteroatoms. The molecule has 0 spiro atoms. The van der Waals surface area contributed by atoms with Gasteiger partial charge in [-0.15, -0.1) is 22.7 Å². The first-order valence-corrected chi connectivity index (χ1v) is 18.9. The Morgan fingerprint density at radius 1 is 0.529 bits per heavy atom. The first-order chi connectivity index (χ1) is 25.2. The molecule has 51 heavy (non-hydrogen) atoms. The molecule has 2 atom stereocenters. The summed E-state index contributed by atoms with van der Waals surface area (Å²) in [7, 11) is 0. The van der Waals surface area contributed by atoms with Gasteiger partial charge in [-0.05, 0) is 48.0 Å². The van der Waals surface area contributed by atoms with Crippen molar-refractivity contribution in [2.75, 3.05) is 0 Å². The van der Waals surface area contributed by atoms with Gasteiger partial charge in [-0.1, -0.05) is 109 Å². The zero-order valence-electron chi connectivity index (χ0n) is 27.3. The van der Waals surface area contributed by atoms with Gasteiger partial charge in [0.25, 0.3) is 0 Å². The summed E-state index contributed by atoms with van der Waals surface area (Å²) in [4.78, 5) is 5.40. The SMILES string of the molecule is c1ccc(C2NC(c3ccc4oc5cccc(-c6cccc7c6sc6ccccc67)c5c4c3)=NC(c3ccc4c(c3)sc3ccccc34)[NH2+]2)cc1. The molecule has 3 N–H and O–H groups in total. The van der Waals surface area contributed by atoms with E-state index in [9.17, 15) is 0 Å². The van der Waals surface area contributed by atoms with Crippen LogP contribution >= 0.6 is 22.7 Å². The number of aliphatic imine (C=N–C) groups is 1. The molecule has 1 aliphatic heterocycles. The quantitative estimate of drug-likeness (QED) is 0.193. The number of thiophene rings is 2. The number of rotatable bonds is 4. The summed E-state index contributed by atoms with van der Waals surface area (Å²) in [6.45, 7) is 0. The number of hydrogen-bond donors (Lipinski definition) is 2. The van der Waals surface area contributed by atoms with Gasteiger partial charge in [0.2, 0.25) is 6.17 Å². The zero-order chi connectivity index (χ0) is 33.5. The summed E-state index contributed by atoms with van der Waals surface area (Å²) in [5, 5.41) is 13.6. The van der Waals surface area contributed by atoms with Crippen LogP contribution in [0.15, 0.2) is 161 Å². The van der Waals surface area contributed by atoms with Crippen LogP contribution in [-0.4, -0.2) is 5.84 Å². The predicted molar refractivity (Wildman–Crippen MR) is 215 cm³/mol. The van der Waals surface area contributed by atoms with Gasteiger partial charge in [0.1, 0.15) is 17.0 Å². The molecule has 242 valence electrons. The molecule has 0 saturated carbocycles. The van der Waals surface area contributed by atoms with Crippen LogP contribution in [0.5, 0.6) is 0 Å². The van der Waals surface area contributed by atoms with E-state index in [1.807, 2.05) is 22.7 Å². The molecule has 0 bridgehead atoms. The van der Waals surface area contributed by atoms with E-state index in [1.54, 1.807) is 0 Å². The van der Waals surface area contributed by atoms with Crippen LogP contribution in [0.1, 0.15) is 29.0 Å². The molecule has 10 aromatic rings. The summed E-state index contributed by atoms with van der Waals surface area (Å²) in [6.07, 6.45) is -0.112. The third-order valence-electron chi connectivity index (χ3n) is 10.3. The highest BCUT2D eigenvalue weighted by Gasteiger charge is 2.30. The monoisotopic (exact) mass is 692 g/mol. The van der Waals surface area contributed by atoms with Crippen molar-refractivity contribution in [1.82, 2.24) is 5.32 Å². The van der Waals surface area contributed by atoms with Crippen molar-refractivity contribution >= 4 is 90.8 Å². The number of fused-ring (bicyclic) bond motifs is 9. The van der Waals surface area contributed by atoms with Gasteiger partial charge >= 0.3 is 0 Å². The highest BCUT2D eigenvalue weighted by molar-refractivity contribution is 7.26. The number of furan rings is 1. The molecule has 7 aromatic carbocycles. The Labute approximate surface area is 301 Å². The lowest BCUT2D eigenvalue weighted by Gasteiger charge is -2.29. The van der Waals surface area contributed by atoms with Crippen molar-refractivity contribution in [3.63, 3.8) is 0 Å². The van der Waals surface area contributed by atoms with E-state index in [0.717, 1.165) is 33.3 Å². The third-order valence-corrected chi connectivity index (χ3v) is 12.7. The highest BCUT2D eigenvalue weighted by atomic mass is 32.1. The van der Waals surface area contributed by atoms with Crippen LogP contribution in [-0.2, 0) is 0 Å². The standard InChI is InChI=1S/C45H29N3OS2/c1-2-10-26(11-3-1)43-46-44(48-45(47-43)28-20-22-31-29-12-4-6-18-38(29)50-40(31)25-28)27-21-23-36-35(24-27)41-32(14-9-17-37(41)49-36)34-16-8-15-33-30-13-5-7-19-39(30)51-42(33)34/h1-25,43,45,47H,(H,46,48)/p+1. The lowest BCUT2D eigenvalue weighted by molar-refractivity contribution is -0.739. The molecule has 0 fully saturated rings. The third kappa shape index (κ3) is 4.65. The fourth-order valence-electron chi connectivity index (χ4n) is 7.88. The zero-order valence-corrected chi connectivity index (χ0v) is 29.0. The van der Waals surface area contributed by atoms with E-state index in [-0.39, 0.29) is 12.3 Å². The predicted octanol–water partition coefficient (Wildman–Crippen LogP) is 11.3. The van der Waals surface area contributed by atoms with E-state index in [2.05, 4.69) is 162 Å². The summed E-state index contributed by atoms with van der Waals surface area (Å²) < 4.78 is 11.7. The number of nitrogens with zero attached hydrogens (tertiary/aromatic N) is 1. The van der Waals surface area contributed by atoms with Crippen LogP contribution in [0.3, 0.4) is 0 Å². The topological polar surface area (TPSA) is 54.1 Å². The van der Waals surface area contributed by atoms with Gasteiger partial charge in [-0.2, -0.15) is 0 Å². The van der Waals surface area contributed by atoms with E-state index in [4.69, 9.17) is 9.41 Å². The Morgan fingerprint density at radius 2 is 1.25 bits per heavy atom. The van der Waals surface area contributed by atoms with E-state index >= 15 is 0 Å². The van der Waals surface area contributed by atoms with Crippen LogP contribution in [0, 0.1) is 0 Å². The molecule has 0 saturated heterocycles. The normalized spacial score (nSPS) is 16.4. The molecular formula is C45H30N3OS2+. The Balaban J connectivity index is 1.07. The maximum absolute atomic E-state index is 6.51. The summed E-state index contributed by atoms with van der Waals surface area (Å²) >= 11 is 3.71. The fourth-order valence-corrected chi connectivity index (χ4v) is 10.3. The smallest absolute Gasteiger partial charge is 0.209 e. The fraction of sp³-hybridized carbons (Fsp3) is 0.0444. The average Bonchev–Trinajstić information content (AvgIpc) is 3.88. The second-order valence-electron chi connectivity index (χ2n) is 13.3. The maximum Gasteiger partial charge on any atom is 0.209 e. The molecule has 4 nitrogen and oxygen atoms in total. The minimum atomic E-state index is -0.112. The van der Waals surface area contributed by atoms with Gasteiger partial charge in [-0.25, -0.2) is 4.99 Å². The lowest BCUT2D eigenvalue weighted by Crippen LogP contribution is -2.90. The molecule has 0 amide bonds. The number of benzene rings is 7. The molecule has 2 unspecified atom stereocenters. The molecular weight excluding hydrogens is 663 g/mol. The number of hydrogen-bond acceptors (Lipinski definition) is 5. The number of nitrogens with one attached hydrogen (secondary N) is 1. The van der Waals surface area contributed by atoms with Crippen molar-refractivity contribution < 1.29 is 9.73 Å². The van der Waals surface area contributed by atoms with Gasteiger partial charge in [0, 0.05) is 73.4 Å². The van der Waals surface area contributed by atoms with Crippen molar-refractivity contribution in [2.24, 2.45) is 4.99 Å². The van der Waals surface area contributed by atoms with Crippen LogP contribution < -0.4 is 10.6 Å². The van der Waals surface area contributed by atoms with Crippen molar-refractivity contribution in [2.45, 2.75) is 12.3 Å². The Hall–Kier alpha value is -5.79.